The molecule has 10 atom stereocenters. The summed E-state index contributed by atoms with van der Waals surface area (Å²) in [5.41, 5.74) is 5.69. The van der Waals surface area contributed by atoms with E-state index >= 15 is 0 Å². The molecule has 2 aliphatic heterocycles. The molecule has 3 aromatic heterocycles. The number of primary amides is 1. The van der Waals surface area contributed by atoms with Crippen molar-refractivity contribution in [2.45, 2.75) is 49.1 Å². The van der Waals surface area contributed by atoms with Gasteiger partial charge in [0, 0.05) is 6.07 Å². The Morgan fingerprint density at radius 3 is 2.45 bits per heavy atom. The molecular formula is C24H29FN7O13P2+. The van der Waals surface area contributed by atoms with Gasteiger partial charge in [-0.05, 0) is 6.07 Å². The van der Waals surface area contributed by atoms with Crippen LogP contribution in [0.15, 0.2) is 37.2 Å². The second kappa shape index (κ2) is 13.9. The largest absolute Gasteiger partial charge is 0.481 e. The van der Waals surface area contributed by atoms with Crippen molar-refractivity contribution < 1.29 is 70.8 Å². The lowest BCUT2D eigenvalue weighted by molar-refractivity contribution is -0.764. The van der Waals surface area contributed by atoms with Crippen LogP contribution in [-0.2, 0) is 32.0 Å². The number of hydrogen-bond acceptors (Lipinski definition) is 15. The first-order chi connectivity index (χ1) is 22.2. The molecule has 0 radical (unpaired) electrons. The first kappa shape index (κ1) is 34.8. The van der Waals surface area contributed by atoms with E-state index in [4.69, 9.17) is 26.2 Å². The summed E-state index contributed by atoms with van der Waals surface area (Å²) in [4.78, 5) is 43.8. The van der Waals surface area contributed by atoms with Crippen molar-refractivity contribution in [1.82, 2.24) is 19.5 Å². The number of nitrogens with one attached hydrogen (secondary N) is 1. The molecule has 0 spiro atoms. The molecule has 5 heterocycles. The van der Waals surface area contributed by atoms with Gasteiger partial charge in [0.25, 0.3) is 12.1 Å². The molecule has 0 bridgehead atoms. The zero-order valence-electron chi connectivity index (χ0n) is 23.9. The number of rotatable bonds is 13. The van der Waals surface area contributed by atoms with Crippen LogP contribution in [0.2, 0.25) is 0 Å². The number of pyridine rings is 1. The van der Waals surface area contributed by atoms with Crippen LogP contribution in [0.4, 0.5) is 10.2 Å². The average molecular weight is 704 g/mol. The monoisotopic (exact) mass is 704 g/mol. The van der Waals surface area contributed by atoms with E-state index in [0.717, 1.165) is 4.57 Å². The number of aliphatic hydroxyl groups excluding tert-OH is 3. The van der Waals surface area contributed by atoms with Gasteiger partial charge < -0.3 is 45.6 Å². The van der Waals surface area contributed by atoms with Crippen molar-refractivity contribution in [3.63, 3.8) is 0 Å². The summed E-state index contributed by atoms with van der Waals surface area (Å²) in [6.07, 6.45) is -2.86. The molecular weight excluding hydrogens is 675 g/mol. The Bertz CT molecular complexity index is 1760. The lowest BCUT2D eigenvalue weighted by Gasteiger charge is -2.20. The SMILES string of the molecule is C#CCNc1ncnc2c1ncn2[C@@H]1O[C@H](COP(=O)(O)OP(=O)(O)OC[C@H]2O[C@@H]([n+]3cccc(C(N)=O)c3)[C@@H](F)[C@@H]2O)[C@@H](O)[C@H]1O. The van der Waals surface area contributed by atoms with Gasteiger partial charge in [0.2, 0.25) is 6.17 Å². The molecule has 47 heavy (non-hydrogen) atoms. The number of imidazole rings is 1. The number of anilines is 1. The lowest BCUT2D eigenvalue weighted by Crippen LogP contribution is -2.45. The molecule has 8 N–H and O–H groups in total. The fourth-order valence-corrected chi connectivity index (χ4v) is 6.88. The number of ether oxygens (including phenoxy) is 2. The van der Waals surface area contributed by atoms with Crippen LogP contribution in [0.25, 0.3) is 11.2 Å². The summed E-state index contributed by atoms with van der Waals surface area (Å²) in [6, 6.07) is 2.74. The molecule has 5 rings (SSSR count). The highest BCUT2D eigenvalue weighted by molar-refractivity contribution is 7.61. The second-order valence-electron chi connectivity index (χ2n) is 10.2. The van der Waals surface area contributed by atoms with Gasteiger partial charge in [-0.25, -0.2) is 28.5 Å². The van der Waals surface area contributed by atoms with E-state index in [1.807, 2.05) is 0 Å². The smallest absolute Gasteiger partial charge is 0.387 e. The number of fused-ring (bicyclic) bond motifs is 1. The number of phosphoric ester groups is 2. The minimum Gasteiger partial charge on any atom is -0.387 e. The zero-order chi connectivity index (χ0) is 34.1. The third kappa shape index (κ3) is 7.65. The van der Waals surface area contributed by atoms with Crippen LogP contribution in [0.1, 0.15) is 22.8 Å². The number of alkyl halides is 1. The molecule has 2 fully saturated rings. The van der Waals surface area contributed by atoms with E-state index in [9.17, 15) is 43.4 Å². The van der Waals surface area contributed by atoms with Gasteiger partial charge in [-0.15, -0.1) is 6.42 Å². The van der Waals surface area contributed by atoms with Crippen LogP contribution in [0.5, 0.6) is 0 Å². The molecule has 2 aliphatic rings. The molecule has 2 saturated heterocycles. The Hall–Kier alpha value is -3.48. The number of terminal acetylenes is 1. The van der Waals surface area contributed by atoms with Crippen LogP contribution in [0.3, 0.4) is 0 Å². The number of amides is 1. The van der Waals surface area contributed by atoms with Crippen LogP contribution >= 0.6 is 15.6 Å². The van der Waals surface area contributed by atoms with Crippen LogP contribution in [0, 0.1) is 12.3 Å². The lowest BCUT2D eigenvalue weighted by atomic mass is 10.1. The number of halogens is 1. The summed E-state index contributed by atoms with van der Waals surface area (Å²) in [7, 11) is -10.8. The molecule has 20 nitrogen and oxygen atoms in total. The van der Waals surface area contributed by atoms with Gasteiger partial charge in [-0.3, -0.25) is 18.4 Å². The highest BCUT2D eigenvalue weighted by atomic mass is 31.3. The highest BCUT2D eigenvalue weighted by Crippen LogP contribution is 2.60. The molecule has 2 unspecified atom stereocenters. The van der Waals surface area contributed by atoms with E-state index in [0.29, 0.717) is 5.82 Å². The minimum absolute atomic E-state index is 0.0120. The maximum Gasteiger partial charge on any atom is 0.481 e. The molecule has 0 aromatic carbocycles. The number of aromatic nitrogens is 5. The highest BCUT2D eigenvalue weighted by Gasteiger charge is 2.51. The summed E-state index contributed by atoms with van der Waals surface area (Å²) >= 11 is 0. The second-order valence-corrected chi connectivity index (χ2v) is 13.2. The Morgan fingerprint density at radius 2 is 1.79 bits per heavy atom. The van der Waals surface area contributed by atoms with Crippen molar-refractivity contribution in [3.8, 4) is 12.3 Å². The van der Waals surface area contributed by atoms with Gasteiger partial charge in [-0.2, -0.15) is 8.88 Å². The predicted octanol–water partition coefficient (Wildman–Crippen LogP) is -1.58. The number of nitrogens with zero attached hydrogens (tertiary/aromatic N) is 5. The number of aliphatic hydroxyl groups is 3. The standard InChI is InChI=1S/C24H28FN7O13P2/c1-2-5-27-21-16-22(29-10-28-21)32(11-30-16)24-19(35)18(34)14(44-24)9-42-47(39,40)45-46(37,38)41-8-13-17(33)15(25)23(43-13)31-6-3-4-12(7-31)20(26)36/h1,3-4,6-7,10-11,13-15,17-19,23-24,33-35H,5,8-9H2,(H4-,26,27,28,29,36,37,38,39,40)/p+1/t13-,14-,15+,17-,18-,19-,23-,24-/m1/s1. The van der Waals surface area contributed by atoms with Gasteiger partial charge in [-0.1, -0.05) is 5.92 Å². The van der Waals surface area contributed by atoms with Crippen molar-refractivity contribution in [2.75, 3.05) is 25.1 Å². The van der Waals surface area contributed by atoms with Crippen molar-refractivity contribution in [1.29, 1.82) is 0 Å². The van der Waals surface area contributed by atoms with E-state index in [1.54, 1.807) is 0 Å². The summed E-state index contributed by atoms with van der Waals surface area (Å²) in [5.74, 6) is 1.87. The van der Waals surface area contributed by atoms with Gasteiger partial charge in [0.1, 0.15) is 42.4 Å². The van der Waals surface area contributed by atoms with E-state index in [-0.39, 0.29) is 23.3 Å². The molecule has 0 aliphatic carbocycles. The molecule has 1 amide bonds. The minimum atomic E-state index is -5.42. The van der Waals surface area contributed by atoms with Crippen LogP contribution in [-0.4, -0.2) is 107 Å². The van der Waals surface area contributed by atoms with Gasteiger partial charge in [0.05, 0.1) is 26.1 Å². The third-order valence-corrected chi connectivity index (χ3v) is 9.63. The van der Waals surface area contributed by atoms with Gasteiger partial charge >= 0.3 is 15.6 Å². The summed E-state index contributed by atoms with van der Waals surface area (Å²) in [5, 5.41) is 34.2. The third-order valence-electron chi connectivity index (χ3n) is 7.03. The maximum atomic E-state index is 14.8. The number of carbonyl (C=O) groups excluding carboxylic acids is 1. The quantitative estimate of drug-likeness (QED) is 0.0601. The fourth-order valence-electron chi connectivity index (χ4n) is 4.79. The maximum absolute atomic E-state index is 14.8. The van der Waals surface area contributed by atoms with Crippen molar-refractivity contribution in [3.05, 3.63) is 42.7 Å². The summed E-state index contributed by atoms with van der Waals surface area (Å²) < 4.78 is 66.7. The molecule has 23 heteroatoms. The number of phosphoric acid groups is 2. The molecule has 0 saturated carbocycles. The Labute approximate surface area is 264 Å². The zero-order valence-corrected chi connectivity index (χ0v) is 25.7. The van der Waals surface area contributed by atoms with E-state index in [1.165, 1.54) is 41.7 Å². The molecule has 254 valence electrons. The topological polar surface area (TPSA) is 284 Å². The predicted molar refractivity (Wildman–Crippen MR) is 151 cm³/mol. The number of hydrogen-bond donors (Lipinski definition) is 7. The Morgan fingerprint density at radius 1 is 1.11 bits per heavy atom. The van der Waals surface area contributed by atoms with Crippen molar-refractivity contribution in [2.24, 2.45) is 5.73 Å². The van der Waals surface area contributed by atoms with E-state index in [2.05, 4.69) is 35.0 Å². The number of nitrogens with two attached hydrogens (primary N) is 1. The normalized spacial score (nSPS) is 30.1. The van der Waals surface area contributed by atoms with Gasteiger partial charge in [0.15, 0.2) is 35.6 Å². The Kier molecular flexibility index (Phi) is 10.3. The number of carbonyl (C=O) groups is 1. The summed E-state index contributed by atoms with van der Waals surface area (Å²) in [6.45, 7) is -1.77. The van der Waals surface area contributed by atoms with Crippen LogP contribution < -0.4 is 15.6 Å². The Balaban J connectivity index is 1.16. The first-order valence-corrected chi connectivity index (χ1v) is 16.5. The average Bonchev–Trinajstić information content (AvgIpc) is 3.67. The van der Waals surface area contributed by atoms with Crippen molar-refractivity contribution >= 4 is 38.5 Å². The first-order valence-electron chi connectivity index (χ1n) is 13.5. The van der Waals surface area contributed by atoms with E-state index < -0.39 is 83.9 Å². The molecule has 3 aromatic rings. The fraction of sp³-hybridized carbons (Fsp3) is 0.458.